The van der Waals surface area contributed by atoms with E-state index in [2.05, 4.69) is 15.0 Å². The molecule has 3 aromatic heterocycles. The Morgan fingerprint density at radius 1 is 1.03 bits per heavy atom. The predicted molar refractivity (Wildman–Crippen MR) is 115 cm³/mol. The van der Waals surface area contributed by atoms with E-state index in [0.717, 1.165) is 11.1 Å². The topological polar surface area (TPSA) is 88.5 Å². The molecule has 1 spiro atoms. The molecule has 2 aliphatic heterocycles. The highest BCUT2D eigenvalue weighted by molar-refractivity contribution is 5.96. The maximum absolute atomic E-state index is 13.9. The van der Waals surface area contributed by atoms with Gasteiger partial charge in [-0.1, -0.05) is 6.07 Å². The molecule has 8 heteroatoms. The highest BCUT2D eigenvalue weighted by Crippen LogP contribution is 2.42. The maximum atomic E-state index is 13.9. The minimum absolute atomic E-state index is 0.101. The summed E-state index contributed by atoms with van der Waals surface area (Å²) in [5.74, 6) is -0.577. The van der Waals surface area contributed by atoms with E-state index in [1.54, 1.807) is 54.2 Å². The van der Waals surface area contributed by atoms with Gasteiger partial charge in [0.1, 0.15) is 0 Å². The first-order chi connectivity index (χ1) is 15.7. The highest BCUT2D eigenvalue weighted by Gasteiger charge is 2.58. The molecule has 0 unspecified atom stereocenters. The average molecular weight is 429 g/mol. The molecule has 32 heavy (non-hydrogen) atoms. The van der Waals surface area contributed by atoms with E-state index >= 15 is 0 Å². The van der Waals surface area contributed by atoms with Crippen LogP contribution in [0.5, 0.6) is 0 Å². The van der Waals surface area contributed by atoms with Crippen LogP contribution >= 0.6 is 0 Å². The molecule has 2 atom stereocenters. The summed E-state index contributed by atoms with van der Waals surface area (Å²) >= 11 is 0. The third-order valence-electron chi connectivity index (χ3n) is 6.17. The van der Waals surface area contributed by atoms with Crippen LogP contribution in [0.3, 0.4) is 0 Å². The van der Waals surface area contributed by atoms with Crippen molar-refractivity contribution in [3.63, 3.8) is 0 Å². The van der Waals surface area contributed by atoms with Gasteiger partial charge in [-0.05, 0) is 41.5 Å². The second-order valence-corrected chi connectivity index (χ2v) is 8.09. The predicted octanol–water partition coefficient (Wildman–Crippen LogP) is 1.91. The van der Waals surface area contributed by atoms with Crippen LogP contribution in [0, 0.1) is 0 Å². The molecule has 3 aromatic rings. The fourth-order valence-corrected chi connectivity index (χ4v) is 4.60. The van der Waals surface area contributed by atoms with Gasteiger partial charge in [-0.15, -0.1) is 0 Å². The lowest BCUT2D eigenvalue weighted by Gasteiger charge is -2.42. The summed E-state index contributed by atoms with van der Waals surface area (Å²) in [5, 5.41) is 0. The zero-order chi connectivity index (χ0) is 22.0. The molecule has 0 bridgehead atoms. The fraction of sp³-hybridized carbons (Fsp3) is 0.292. The lowest BCUT2D eigenvalue weighted by molar-refractivity contribution is -0.172. The largest absolute Gasteiger partial charge is 0.361 e. The Morgan fingerprint density at radius 2 is 1.81 bits per heavy atom. The first-order valence-corrected chi connectivity index (χ1v) is 10.6. The van der Waals surface area contributed by atoms with Crippen LogP contribution in [0.15, 0.2) is 73.6 Å². The molecule has 0 N–H and O–H groups in total. The molecule has 8 nitrogen and oxygen atoms in total. The van der Waals surface area contributed by atoms with Crippen LogP contribution in [0.4, 0.5) is 0 Å². The molecule has 162 valence electrons. The van der Waals surface area contributed by atoms with Gasteiger partial charge in [-0.2, -0.15) is 0 Å². The smallest absolute Gasteiger partial charge is 0.257 e. The Morgan fingerprint density at radius 3 is 2.53 bits per heavy atom. The Labute approximate surface area is 185 Å². The zero-order valence-electron chi connectivity index (χ0n) is 17.5. The van der Waals surface area contributed by atoms with E-state index in [4.69, 9.17) is 4.74 Å². The number of likely N-dealkylation sites (tertiary alicyclic amines) is 1. The van der Waals surface area contributed by atoms with Crippen LogP contribution in [0.1, 0.15) is 27.4 Å². The van der Waals surface area contributed by atoms with E-state index in [9.17, 15) is 9.59 Å². The van der Waals surface area contributed by atoms with Crippen molar-refractivity contribution in [1.82, 2.24) is 24.8 Å². The van der Waals surface area contributed by atoms with E-state index in [-0.39, 0.29) is 24.3 Å². The van der Waals surface area contributed by atoms with Crippen LogP contribution in [-0.4, -0.2) is 68.4 Å². The van der Waals surface area contributed by atoms with Gasteiger partial charge in [-0.3, -0.25) is 24.5 Å². The van der Waals surface area contributed by atoms with Crippen molar-refractivity contribution < 1.29 is 14.3 Å². The normalized spacial score (nSPS) is 23.0. The number of carbonyl (C=O) groups is 2. The van der Waals surface area contributed by atoms with Gasteiger partial charge in [0.2, 0.25) is 0 Å². The zero-order valence-corrected chi connectivity index (χ0v) is 17.5. The van der Waals surface area contributed by atoms with Gasteiger partial charge >= 0.3 is 0 Å². The summed E-state index contributed by atoms with van der Waals surface area (Å²) in [5.41, 5.74) is 1.23. The van der Waals surface area contributed by atoms with Crippen molar-refractivity contribution >= 4 is 11.8 Å². The Kier molecular flexibility index (Phi) is 5.36. The minimum atomic E-state index is -1.15. The molecule has 5 rings (SSSR count). The number of carbonyl (C=O) groups excluding carboxylic acids is 2. The number of pyridine rings is 3. The summed E-state index contributed by atoms with van der Waals surface area (Å²) in [4.78, 5) is 42.9. The molecule has 0 aromatic carbocycles. The molecule has 5 heterocycles. The first-order valence-electron chi connectivity index (χ1n) is 10.6. The highest BCUT2D eigenvalue weighted by atomic mass is 16.5. The molecule has 0 aliphatic carbocycles. The van der Waals surface area contributed by atoms with Gasteiger partial charge < -0.3 is 14.5 Å². The number of amides is 2. The third-order valence-corrected chi connectivity index (χ3v) is 6.17. The van der Waals surface area contributed by atoms with Crippen molar-refractivity contribution in [2.45, 2.75) is 18.1 Å². The van der Waals surface area contributed by atoms with Crippen LogP contribution in [0.2, 0.25) is 0 Å². The van der Waals surface area contributed by atoms with E-state index in [1.165, 1.54) is 0 Å². The van der Waals surface area contributed by atoms with Crippen molar-refractivity contribution in [3.8, 4) is 0 Å². The van der Waals surface area contributed by atoms with Crippen LogP contribution in [-0.2, 0) is 16.1 Å². The van der Waals surface area contributed by atoms with Gasteiger partial charge in [0.05, 0.1) is 18.7 Å². The number of ether oxygens (including phenoxy) is 1. The quantitative estimate of drug-likeness (QED) is 0.630. The number of nitrogens with zero attached hydrogens (tertiary/aromatic N) is 5. The van der Waals surface area contributed by atoms with Gasteiger partial charge in [0.25, 0.3) is 11.8 Å². The average Bonchev–Trinajstić information content (AvgIpc) is 3.23. The summed E-state index contributed by atoms with van der Waals surface area (Å²) in [6, 6.07) is 11.1. The second-order valence-electron chi connectivity index (χ2n) is 8.09. The van der Waals surface area contributed by atoms with Crippen LogP contribution in [0.25, 0.3) is 0 Å². The molecule has 2 aliphatic rings. The lowest BCUT2D eigenvalue weighted by atomic mass is 9.83. The molecule has 0 saturated carbocycles. The van der Waals surface area contributed by atoms with Crippen LogP contribution < -0.4 is 0 Å². The van der Waals surface area contributed by atoms with Crippen molar-refractivity contribution in [2.24, 2.45) is 0 Å². The standard InChI is InChI=1S/C24H23N5O3/c30-22(20-4-2-8-27-14-20)29-16-21(19-3-1-7-26-13-19)24(17-29)23(31)28(11-12-32-24)15-18-5-9-25-10-6-18/h1-10,13-14,21H,11-12,15-17H2/t21-,24+/m1/s1. The minimum Gasteiger partial charge on any atom is -0.361 e. The van der Waals surface area contributed by atoms with Crippen molar-refractivity contribution in [1.29, 1.82) is 0 Å². The number of morpholine rings is 1. The first kappa shape index (κ1) is 20.3. The molecular weight excluding hydrogens is 406 g/mol. The van der Waals surface area contributed by atoms with E-state index in [0.29, 0.717) is 31.8 Å². The second kappa shape index (κ2) is 8.47. The Hall–Kier alpha value is -3.65. The third kappa shape index (κ3) is 3.62. The Balaban J connectivity index is 1.48. The van der Waals surface area contributed by atoms with Gasteiger partial charge in [0.15, 0.2) is 5.60 Å². The molecular formula is C24H23N5O3. The van der Waals surface area contributed by atoms with E-state index < -0.39 is 5.60 Å². The van der Waals surface area contributed by atoms with Gasteiger partial charge in [0, 0.05) is 62.7 Å². The molecule has 2 saturated heterocycles. The van der Waals surface area contributed by atoms with Gasteiger partial charge in [-0.25, -0.2) is 0 Å². The lowest BCUT2D eigenvalue weighted by Crippen LogP contribution is -2.60. The van der Waals surface area contributed by atoms with Crippen molar-refractivity contribution in [3.05, 3.63) is 90.3 Å². The summed E-state index contributed by atoms with van der Waals surface area (Å²) in [7, 11) is 0. The number of aromatic nitrogens is 3. The fourth-order valence-electron chi connectivity index (χ4n) is 4.60. The molecule has 2 amide bonds. The Bertz CT molecular complexity index is 1100. The SMILES string of the molecule is O=C(c1cccnc1)N1C[C@H](c2cccnc2)[C@]2(C1)OCCN(Cc1ccncc1)C2=O. The monoisotopic (exact) mass is 429 g/mol. The maximum Gasteiger partial charge on any atom is 0.257 e. The number of hydrogen-bond acceptors (Lipinski definition) is 6. The summed E-state index contributed by atoms with van der Waals surface area (Å²) in [6.45, 7) is 1.94. The summed E-state index contributed by atoms with van der Waals surface area (Å²) in [6.07, 6.45) is 10.1. The molecule has 2 fully saturated rings. The number of hydrogen-bond donors (Lipinski definition) is 0. The number of rotatable bonds is 4. The van der Waals surface area contributed by atoms with E-state index in [1.807, 2.05) is 29.2 Å². The van der Waals surface area contributed by atoms with Crippen molar-refractivity contribution in [2.75, 3.05) is 26.2 Å². The summed E-state index contributed by atoms with van der Waals surface area (Å²) < 4.78 is 6.25. The molecule has 0 radical (unpaired) electrons.